The number of nitrogens with one attached hydrogen (secondary N) is 2. The van der Waals surface area contributed by atoms with Crippen molar-refractivity contribution in [2.45, 2.75) is 40.2 Å². The van der Waals surface area contributed by atoms with Crippen LogP contribution < -0.4 is 10.6 Å². The number of nitrogens with zero attached hydrogens (tertiary/aromatic N) is 2. The van der Waals surface area contributed by atoms with Gasteiger partial charge in [-0.05, 0) is 45.7 Å². The molecule has 1 aromatic carbocycles. The maximum Gasteiger partial charge on any atom is 0.324 e. The number of carbonyl (C=O) groups excluding carboxylic acids is 1. The summed E-state index contributed by atoms with van der Waals surface area (Å²) in [5.41, 5.74) is 2.91. The van der Waals surface area contributed by atoms with Gasteiger partial charge in [-0.3, -0.25) is 9.89 Å². The van der Waals surface area contributed by atoms with E-state index in [9.17, 15) is 4.79 Å². The molecule has 0 saturated heterocycles. The van der Waals surface area contributed by atoms with Gasteiger partial charge in [0, 0.05) is 25.3 Å². The molecule has 21 heavy (non-hydrogen) atoms. The molecule has 0 radical (unpaired) electrons. The Balaban J connectivity index is 2.92. The van der Waals surface area contributed by atoms with Gasteiger partial charge in [0.25, 0.3) is 0 Å². The maximum absolute atomic E-state index is 12.2. The summed E-state index contributed by atoms with van der Waals surface area (Å²) in [7, 11) is 3.36. The molecule has 1 rings (SSSR count). The number of aliphatic imine (C=N–C) groups is 1. The molecule has 0 fully saturated rings. The average molecular weight is 290 g/mol. The number of guanidine groups is 1. The van der Waals surface area contributed by atoms with Gasteiger partial charge in [0.2, 0.25) is 5.96 Å². The van der Waals surface area contributed by atoms with Crippen molar-refractivity contribution >= 4 is 17.7 Å². The summed E-state index contributed by atoms with van der Waals surface area (Å²) in [6.07, 6.45) is 0. The molecule has 0 spiro atoms. The third-order valence-electron chi connectivity index (χ3n) is 3.03. The zero-order chi connectivity index (χ0) is 16.2. The summed E-state index contributed by atoms with van der Waals surface area (Å²) in [5, 5.41) is 6.16. The van der Waals surface area contributed by atoms with Crippen molar-refractivity contribution in [2.75, 3.05) is 19.4 Å². The van der Waals surface area contributed by atoms with E-state index < -0.39 is 0 Å². The highest BCUT2D eigenvalue weighted by molar-refractivity contribution is 6.04. The molecule has 2 amide bonds. The van der Waals surface area contributed by atoms with Gasteiger partial charge in [-0.25, -0.2) is 4.79 Å². The molecule has 0 heterocycles. The van der Waals surface area contributed by atoms with Crippen molar-refractivity contribution < 1.29 is 4.79 Å². The molecule has 0 saturated carbocycles. The van der Waals surface area contributed by atoms with Gasteiger partial charge in [0.15, 0.2) is 0 Å². The lowest BCUT2D eigenvalue weighted by Gasteiger charge is -2.27. The Bertz CT molecular complexity index is 523. The summed E-state index contributed by atoms with van der Waals surface area (Å²) < 4.78 is 0. The Morgan fingerprint density at radius 2 is 1.71 bits per heavy atom. The highest BCUT2D eigenvalue weighted by atomic mass is 16.2. The molecule has 0 aliphatic rings. The van der Waals surface area contributed by atoms with Crippen molar-refractivity contribution in [2.24, 2.45) is 4.99 Å². The Morgan fingerprint density at radius 3 is 2.14 bits per heavy atom. The van der Waals surface area contributed by atoms with Crippen LogP contribution in [-0.4, -0.2) is 36.5 Å². The average Bonchev–Trinajstić information content (AvgIpc) is 2.36. The summed E-state index contributed by atoms with van der Waals surface area (Å²) in [5.74, 6) is 0.508. The Labute approximate surface area is 127 Å². The van der Waals surface area contributed by atoms with Crippen molar-refractivity contribution in [3.05, 3.63) is 29.3 Å². The van der Waals surface area contributed by atoms with E-state index in [-0.39, 0.29) is 11.6 Å². The van der Waals surface area contributed by atoms with E-state index in [0.717, 1.165) is 16.8 Å². The fourth-order valence-corrected chi connectivity index (χ4v) is 1.91. The number of amides is 2. The van der Waals surface area contributed by atoms with Crippen LogP contribution in [0.3, 0.4) is 0 Å². The Morgan fingerprint density at radius 1 is 1.19 bits per heavy atom. The first-order valence-corrected chi connectivity index (χ1v) is 7.01. The fraction of sp³-hybridized carbons (Fsp3) is 0.500. The van der Waals surface area contributed by atoms with Crippen LogP contribution in [0.25, 0.3) is 0 Å². The van der Waals surface area contributed by atoms with Crippen LogP contribution in [-0.2, 0) is 0 Å². The van der Waals surface area contributed by atoms with Crippen LogP contribution in [0.5, 0.6) is 0 Å². The first-order valence-electron chi connectivity index (χ1n) is 7.01. The van der Waals surface area contributed by atoms with Gasteiger partial charge in [-0.2, -0.15) is 0 Å². The van der Waals surface area contributed by atoms with Crippen LogP contribution >= 0.6 is 0 Å². The lowest BCUT2D eigenvalue weighted by Crippen LogP contribution is -2.50. The lowest BCUT2D eigenvalue weighted by molar-refractivity contribution is 0.217. The highest BCUT2D eigenvalue weighted by Gasteiger charge is 2.20. The topological polar surface area (TPSA) is 56.7 Å². The first-order chi connectivity index (χ1) is 9.65. The molecule has 0 bridgehead atoms. The minimum absolute atomic E-state index is 0.193. The Hall–Kier alpha value is -2.04. The fourth-order valence-electron chi connectivity index (χ4n) is 1.91. The van der Waals surface area contributed by atoms with Crippen molar-refractivity contribution in [3.63, 3.8) is 0 Å². The van der Waals surface area contributed by atoms with E-state index >= 15 is 0 Å². The summed E-state index contributed by atoms with van der Waals surface area (Å²) in [6.45, 7) is 9.89. The third kappa shape index (κ3) is 4.77. The largest absolute Gasteiger partial charge is 0.333 e. The molecule has 0 aliphatic heterocycles. The predicted molar refractivity (Wildman–Crippen MR) is 88.9 cm³/mol. The number of carbonyl (C=O) groups is 1. The number of benzene rings is 1. The van der Waals surface area contributed by atoms with E-state index in [0.29, 0.717) is 5.96 Å². The van der Waals surface area contributed by atoms with E-state index in [1.807, 2.05) is 52.8 Å². The summed E-state index contributed by atoms with van der Waals surface area (Å²) >= 11 is 0. The molecule has 2 N–H and O–H groups in total. The van der Waals surface area contributed by atoms with Crippen molar-refractivity contribution in [1.82, 2.24) is 10.2 Å². The van der Waals surface area contributed by atoms with E-state index in [1.165, 1.54) is 4.90 Å². The van der Waals surface area contributed by atoms with Crippen LogP contribution in [0.1, 0.15) is 31.9 Å². The predicted octanol–water partition coefficient (Wildman–Crippen LogP) is 3.14. The highest BCUT2D eigenvalue weighted by Crippen LogP contribution is 2.19. The monoisotopic (exact) mass is 290 g/mol. The number of para-hydroxylation sites is 1. The first kappa shape index (κ1) is 17.0. The molecule has 0 unspecified atom stereocenters. The summed E-state index contributed by atoms with van der Waals surface area (Å²) in [4.78, 5) is 17.9. The molecule has 5 nitrogen and oxygen atoms in total. The molecule has 5 heteroatoms. The second-order valence-corrected chi connectivity index (χ2v) is 6.18. The molecule has 0 aromatic heterocycles. The summed E-state index contributed by atoms with van der Waals surface area (Å²) in [6, 6.07) is 5.87. The normalized spacial score (nSPS) is 12.0. The third-order valence-corrected chi connectivity index (χ3v) is 3.03. The standard InChI is InChI=1S/C16H26N4O/c1-11-9-8-10-12(2)13(11)18-14(17-6)20(7)15(21)19-16(3,4)5/h8-10H,1-7H3,(H,17,18)(H,19,21). The number of urea groups is 1. The van der Waals surface area contributed by atoms with Crippen molar-refractivity contribution in [3.8, 4) is 0 Å². The molecule has 0 atom stereocenters. The molecular weight excluding hydrogens is 264 g/mol. The zero-order valence-electron chi connectivity index (χ0n) is 14.0. The minimum Gasteiger partial charge on any atom is -0.333 e. The van der Waals surface area contributed by atoms with E-state index in [4.69, 9.17) is 0 Å². The maximum atomic E-state index is 12.2. The van der Waals surface area contributed by atoms with E-state index in [1.54, 1.807) is 14.1 Å². The second-order valence-electron chi connectivity index (χ2n) is 6.18. The van der Waals surface area contributed by atoms with Gasteiger partial charge < -0.3 is 10.6 Å². The smallest absolute Gasteiger partial charge is 0.324 e. The number of hydrogen-bond donors (Lipinski definition) is 2. The number of hydrogen-bond acceptors (Lipinski definition) is 2. The number of aryl methyl sites for hydroxylation is 2. The Kier molecular flexibility index (Phi) is 5.35. The second kappa shape index (κ2) is 6.61. The van der Waals surface area contributed by atoms with Gasteiger partial charge in [0.05, 0.1) is 0 Å². The SMILES string of the molecule is CN=C(Nc1c(C)cccc1C)N(C)C(=O)NC(C)(C)C. The number of rotatable bonds is 1. The molecule has 0 aliphatic carbocycles. The number of anilines is 1. The van der Waals surface area contributed by atoms with Gasteiger partial charge in [-0.15, -0.1) is 0 Å². The molecule has 116 valence electrons. The van der Waals surface area contributed by atoms with Crippen LogP contribution in [0.15, 0.2) is 23.2 Å². The van der Waals surface area contributed by atoms with Crippen molar-refractivity contribution in [1.29, 1.82) is 0 Å². The quantitative estimate of drug-likeness (QED) is 0.616. The van der Waals surface area contributed by atoms with E-state index in [2.05, 4.69) is 15.6 Å². The van der Waals surface area contributed by atoms with Crippen LogP contribution in [0.2, 0.25) is 0 Å². The molecular formula is C16H26N4O. The zero-order valence-corrected chi connectivity index (χ0v) is 14.0. The van der Waals surface area contributed by atoms with Crippen LogP contribution in [0, 0.1) is 13.8 Å². The minimum atomic E-state index is -0.289. The molecule has 1 aromatic rings. The van der Waals surface area contributed by atoms with Gasteiger partial charge in [-0.1, -0.05) is 18.2 Å². The van der Waals surface area contributed by atoms with Crippen LogP contribution in [0.4, 0.5) is 10.5 Å². The lowest BCUT2D eigenvalue weighted by atomic mass is 10.1. The van der Waals surface area contributed by atoms with Gasteiger partial charge >= 0.3 is 6.03 Å². The van der Waals surface area contributed by atoms with Gasteiger partial charge in [0.1, 0.15) is 0 Å².